The fourth-order valence-electron chi connectivity index (χ4n) is 2.71. The SMILES string of the molecule is NC(=O)CC1CCCN(C(=O)c2cc(F)c(Cl)cc2F)CC1. The van der Waals surface area contributed by atoms with Crippen LogP contribution in [0.4, 0.5) is 8.78 Å². The zero-order chi connectivity index (χ0) is 16.3. The van der Waals surface area contributed by atoms with Gasteiger partial charge in [-0.1, -0.05) is 11.6 Å². The van der Waals surface area contributed by atoms with Crippen LogP contribution in [0.25, 0.3) is 0 Å². The molecule has 1 heterocycles. The molecule has 120 valence electrons. The van der Waals surface area contributed by atoms with Gasteiger partial charge in [0.05, 0.1) is 10.6 Å². The highest BCUT2D eigenvalue weighted by molar-refractivity contribution is 6.30. The molecule has 2 rings (SSSR count). The van der Waals surface area contributed by atoms with Crippen LogP contribution in [-0.2, 0) is 4.79 Å². The molecule has 1 fully saturated rings. The molecule has 1 aliphatic rings. The van der Waals surface area contributed by atoms with Crippen molar-refractivity contribution in [1.29, 1.82) is 0 Å². The topological polar surface area (TPSA) is 63.4 Å². The normalized spacial score (nSPS) is 18.9. The molecular formula is C15H17ClF2N2O2. The number of benzene rings is 1. The minimum absolute atomic E-state index is 0.127. The minimum Gasteiger partial charge on any atom is -0.370 e. The molecular weight excluding hydrogens is 314 g/mol. The molecule has 1 atom stereocenters. The first-order chi connectivity index (χ1) is 10.4. The number of hydrogen-bond acceptors (Lipinski definition) is 2. The van der Waals surface area contributed by atoms with Crippen molar-refractivity contribution in [3.05, 3.63) is 34.4 Å². The number of carbonyl (C=O) groups is 2. The Balaban J connectivity index is 2.10. The molecule has 0 radical (unpaired) electrons. The second kappa shape index (κ2) is 7.05. The van der Waals surface area contributed by atoms with Crippen molar-refractivity contribution in [3.63, 3.8) is 0 Å². The van der Waals surface area contributed by atoms with Crippen LogP contribution in [0.3, 0.4) is 0 Å². The number of halogens is 3. The highest BCUT2D eigenvalue weighted by Crippen LogP contribution is 2.24. The van der Waals surface area contributed by atoms with Gasteiger partial charge in [-0.05, 0) is 37.3 Å². The summed E-state index contributed by atoms with van der Waals surface area (Å²) in [5, 5.41) is -0.355. The molecule has 1 aromatic carbocycles. The summed E-state index contributed by atoms with van der Waals surface area (Å²) in [6.07, 6.45) is 2.38. The van der Waals surface area contributed by atoms with Crippen molar-refractivity contribution in [2.45, 2.75) is 25.7 Å². The van der Waals surface area contributed by atoms with Gasteiger partial charge in [-0.15, -0.1) is 0 Å². The number of nitrogens with two attached hydrogens (primary N) is 1. The van der Waals surface area contributed by atoms with Gasteiger partial charge in [0.25, 0.3) is 5.91 Å². The molecule has 7 heteroatoms. The first kappa shape index (κ1) is 16.7. The second-order valence-corrected chi connectivity index (χ2v) is 5.91. The summed E-state index contributed by atoms with van der Waals surface area (Å²) in [4.78, 5) is 24.8. The fourth-order valence-corrected chi connectivity index (χ4v) is 2.86. The molecule has 1 aliphatic heterocycles. The maximum atomic E-state index is 13.8. The summed E-state index contributed by atoms with van der Waals surface area (Å²) >= 11 is 5.49. The Morgan fingerprint density at radius 3 is 2.64 bits per heavy atom. The molecule has 1 aromatic rings. The Bertz CT molecular complexity index is 595. The van der Waals surface area contributed by atoms with Gasteiger partial charge >= 0.3 is 0 Å². The Kier molecular flexibility index (Phi) is 5.34. The number of hydrogen-bond donors (Lipinski definition) is 1. The fraction of sp³-hybridized carbons (Fsp3) is 0.467. The molecule has 0 aromatic heterocycles. The van der Waals surface area contributed by atoms with Crippen molar-refractivity contribution < 1.29 is 18.4 Å². The van der Waals surface area contributed by atoms with Gasteiger partial charge < -0.3 is 10.6 Å². The quantitative estimate of drug-likeness (QED) is 0.866. The Morgan fingerprint density at radius 1 is 1.23 bits per heavy atom. The zero-order valence-electron chi connectivity index (χ0n) is 11.9. The minimum atomic E-state index is -0.839. The smallest absolute Gasteiger partial charge is 0.256 e. The molecule has 1 saturated heterocycles. The van der Waals surface area contributed by atoms with Gasteiger partial charge in [0, 0.05) is 19.5 Å². The van der Waals surface area contributed by atoms with Gasteiger partial charge in [-0.25, -0.2) is 8.78 Å². The first-order valence-electron chi connectivity index (χ1n) is 7.10. The van der Waals surface area contributed by atoms with Crippen molar-refractivity contribution in [1.82, 2.24) is 4.90 Å². The number of carbonyl (C=O) groups excluding carboxylic acids is 2. The molecule has 0 bridgehead atoms. The zero-order valence-corrected chi connectivity index (χ0v) is 12.7. The number of nitrogens with zero attached hydrogens (tertiary/aromatic N) is 1. The molecule has 4 nitrogen and oxygen atoms in total. The van der Waals surface area contributed by atoms with Gasteiger partial charge in [-0.2, -0.15) is 0 Å². The maximum Gasteiger partial charge on any atom is 0.256 e. The molecule has 2 N–H and O–H groups in total. The lowest BCUT2D eigenvalue weighted by Gasteiger charge is -2.21. The lowest BCUT2D eigenvalue weighted by atomic mass is 9.97. The number of amides is 2. The van der Waals surface area contributed by atoms with E-state index in [1.807, 2.05) is 0 Å². The second-order valence-electron chi connectivity index (χ2n) is 5.51. The van der Waals surface area contributed by atoms with Crippen molar-refractivity contribution in [3.8, 4) is 0 Å². The van der Waals surface area contributed by atoms with Crippen LogP contribution in [0.15, 0.2) is 12.1 Å². The van der Waals surface area contributed by atoms with Crippen molar-refractivity contribution in [2.24, 2.45) is 11.7 Å². The molecule has 1 unspecified atom stereocenters. The number of primary amides is 1. The molecule has 2 amide bonds. The number of rotatable bonds is 3. The predicted octanol–water partition coefficient (Wildman–Crippen LogP) is 2.74. The van der Waals surface area contributed by atoms with E-state index in [0.717, 1.165) is 18.6 Å². The largest absolute Gasteiger partial charge is 0.370 e. The summed E-state index contributed by atoms with van der Waals surface area (Å²) in [6, 6.07) is 1.63. The van der Waals surface area contributed by atoms with E-state index in [1.165, 1.54) is 4.90 Å². The van der Waals surface area contributed by atoms with Crippen LogP contribution in [0.5, 0.6) is 0 Å². The van der Waals surface area contributed by atoms with E-state index in [0.29, 0.717) is 25.9 Å². The van der Waals surface area contributed by atoms with Gasteiger partial charge in [-0.3, -0.25) is 9.59 Å². The Hall–Kier alpha value is -1.69. The summed E-state index contributed by atoms with van der Waals surface area (Å²) in [7, 11) is 0. The van der Waals surface area contributed by atoms with Crippen molar-refractivity contribution in [2.75, 3.05) is 13.1 Å². The third-order valence-corrected chi connectivity index (χ3v) is 4.15. The maximum absolute atomic E-state index is 13.8. The molecule has 22 heavy (non-hydrogen) atoms. The third-order valence-electron chi connectivity index (χ3n) is 3.87. The van der Waals surface area contributed by atoms with E-state index in [1.54, 1.807) is 0 Å². The Morgan fingerprint density at radius 2 is 1.95 bits per heavy atom. The summed E-state index contributed by atoms with van der Waals surface area (Å²) in [5.74, 6) is -2.47. The van der Waals surface area contributed by atoms with Gasteiger partial charge in [0.1, 0.15) is 11.6 Å². The number of likely N-dealkylation sites (tertiary alicyclic amines) is 1. The lowest BCUT2D eigenvalue weighted by molar-refractivity contribution is -0.119. The van der Waals surface area contributed by atoms with Crippen LogP contribution >= 0.6 is 11.6 Å². The van der Waals surface area contributed by atoms with E-state index in [9.17, 15) is 18.4 Å². The first-order valence-corrected chi connectivity index (χ1v) is 7.48. The van der Waals surface area contributed by atoms with E-state index >= 15 is 0 Å². The standard InChI is InChI=1S/C15H17ClF2N2O2/c16-11-8-12(17)10(7-13(11)18)15(22)20-4-1-2-9(3-5-20)6-14(19)21/h7-9H,1-6H2,(H2,19,21). The van der Waals surface area contributed by atoms with Gasteiger partial charge in [0.2, 0.25) is 5.91 Å². The van der Waals surface area contributed by atoms with E-state index < -0.39 is 17.5 Å². The van der Waals surface area contributed by atoms with Crippen LogP contribution in [0.1, 0.15) is 36.0 Å². The Labute approximate surface area is 132 Å². The highest BCUT2D eigenvalue weighted by atomic mass is 35.5. The third kappa shape index (κ3) is 3.94. The lowest BCUT2D eigenvalue weighted by Crippen LogP contribution is -2.32. The van der Waals surface area contributed by atoms with Crippen LogP contribution in [0, 0.1) is 17.6 Å². The summed E-state index contributed by atoms with van der Waals surface area (Å²) in [6.45, 7) is 0.832. The molecule has 0 saturated carbocycles. The van der Waals surface area contributed by atoms with Crippen LogP contribution in [-0.4, -0.2) is 29.8 Å². The van der Waals surface area contributed by atoms with Crippen LogP contribution < -0.4 is 5.73 Å². The molecule has 0 aliphatic carbocycles. The van der Waals surface area contributed by atoms with E-state index in [2.05, 4.69) is 0 Å². The highest BCUT2D eigenvalue weighted by Gasteiger charge is 2.25. The molecule has 0 spiro atoms. The monoisotopic (exact) mass is 330 g/mol. The van der Waals surface area contributed by atoms with E-state index in [4.69, 9.17) is 17.3 Å². The van der Waals surface area contributed by atoms with E-state index in [-0.39, 0.29) is 28.8 Å². The average Bonchev–Trinajstić information content (AvgIpc) is 2.67. The summed E-state index contributed by atoms with van der Waals surface area (Å²) < 4.78 is 27.3. The van der Waals surface area contributed by atoms with Crippen LogP contribution in [0.2, 0.25) is 5.02 Å². The predicted molar refractivity (Wildman–Crippen MR) is 78.4 cm³/mol. The van der Waals surface area contributed by atoms with Crippen molar-refractivity contribution >= 4 is 23.4 Å². The average molecular weight is 331 g/mol. The van der Waals surface area contributed by atoms with Gasteiger partial charge in [0.15, 0.2) is 0 Å². The summed E-state index contributed by atoms with van der Waals surface area (Å²) in [5.41, 5.74) is 4.86.